The number of benzene rings is 1. The van der Waals surface area contributed by atoms with Gasteiger partial charge in [0.05, 0.1) is 13.4 Å². The van der Waals surface area contributed by atoms with E-state index in [1.807, 2.05) is 30.9 Å². The number of nitrogens with zero attached hydrogens (tertiary/aromatic N) is 3. The lowest BCUT2D eigenvalue weighted by atomic mass is 9.93. The fourth-order valence-corrected chi connectivity index (χ4v) is 3.20. The topological polar surface area (TPSA) is 50.5 Å². The third kappa shape index (κ3) is 3.09. The van der Waals surface area contributed by atoms with Crippen LogP contribution in [0.3, 0.4) is 0 Å². The summed E-state index contributed by atoms with van der Waals surface area (Å²) in [4.78, 5) is 6.61. The van der Waals surface area contributed by atoms with E-state index in [-0.39, 0.29) is 5.75 Å². The number of likely N-dealkylation sites (tertiary alicyclic amines) is 1. The predicted molar refractivity (Wildman–Crippen MR) is 85.0 cm³/mol. The van der Waals surface area contributed by atoms with Crippen molar-refractivity contribution in [1.82, 2.24) is 14.5 Å². The Kier molecular flexibility index (Phi) is 4.34. The third-order valence-corrected chi connectivity index (χ3v) is 4.56. The molecule has 3 rings (SSSR count). The number of piperidine rings is 1. The minimum atomic E-state index is 0.205. The summed E-state index contributed by atoms with van der Waals surface area (Å²) in [6.45, 7) is 5.24. The summed E-state index contributed by atoms with van der Waals surface area (Å²) in [6.07, 6.45) is 6.96. The molecular formula is C17H23N3O2. The lowest BCUT2D eigenvalue weighted by Crippen LogP contribution is -2.40. The van der Waals surface area contributed by atoms with E-state index >= 15 is 0 Å². The first-order chi connectivity index (χ1) is 10.7. The molecule has 1 N–H and O–H groups in total. The van der Waals surface area contributed by atoms with E-state index in [4.69, 9.17) is 4.74 Å². The molecule has 118 valence electrons. The molecule has 0 saturated carbocycles. The summed E-state index contributed by atoms with van der Waals surface area (Å²) >= 11 is 0. The van der Waals surface area contributed by atoms with Gasteiger partial charge in [-0.2, -0.15) is 0 Å². The Bertz CT molecular complexity index is 612. The van der Waals surface area contributed by atoms with Crippen LogP contribution >= 0.6 is 0 Å². The minimum Gasteiger partial charge on any atom is -0.504 e. The molecule has 1 aliphatic rings. The summed E-state index contributed by atoms with van der Waals surface area (Å²) in [5.74, 6) is 1.37. The number of hydrogen-bond acceptors (Lipinski definition) is 4. The van der Waals surface area contributed by atoms with Gasteiger partial charge in [0.1, 0.15) is 0 Å². The summed E-state index contributed by atoms with van der Waals surface area (Å²) < 4.78 is 7.31. The van der Waals surface area contributed by atoms with Crippen LogP contribution in [0, 0.1) is 5.92 Å². The summed E-state index contributed by atoms with van der Waals surface area (Å²) in [7, 11) is 1.57. The highest BCUT2D eigenvalue weighted by molar-refractivity contribution is 5.41. The van der Waals surface area contributed by atoms with Gasteiger partial charge in [0, 0.05) is 31.5 Å². The standard InChI is InChI=1S/C17H23N3O2/c1-13-5-7-19(11-15(13)20-8-6-18-12-20)10-14-3-4-17(22-2)16(21)9-14/h3-4,6,8-9,12-13,15,21H,5,7,10-11H2,1-2H3/t13-,15+/m1/s1. The highest BCUT2D eigenvalue weighted by Gasteiger charge is 2.27. The van der Waals surface area contributed by atoms with Gasteiger partial charge in [0.2, 0.25) is 0 Å². The van der Waals surface area contributed by atoms with E-state index in [0.717, 1.165) is 25.2 Å². The van der Waals surface area contributed by atoms with Crippen LogP contribution in [0.1, 0.15) is 24.9 Å². The molecule has 2 aromatic rings. The van der Waals surface area contributed by atoms with E-state index in [1.54, 1.807) is 13.2 Å². The molecule has 1 aliphatic heterocycles. The second-order valence-corrected chi connectivity index (χ2v) is 6.08. The quantitative estimate of drug-likeness (QED) is 0.943. The zero-order chi connectivity index (χ0) is 15.5. The van der Waals surface area contributed by atoms with Gasteiger partial charge in [-0.25, -0.2) is 4.98 Å². The highest BCUT2D eigenvalue weighted by Crippen LogP contribution is 2.30. The first kappa shape index (κ1) is 14.9. The SMILES string of the molecule is COc1ccc(CN2CC[C@@H](C)[C@@H](n3ccnc3)C2)cc1O. The number of ether oxygens (including phenoxy) is 1. The number of aromatic hydroxyl groups is 1. The zero-order valence-electron chi connectivity index (χ0n) is 13.1. The van der Waals surface area contributed by atoms with Crippen molar-refractivity contribution in [3.05, 3.63) is 42.5 Å². The molecule has 0 aliphatic carbocycles. The molecule has 1 saturated heterocycles. The molecular weight excluding hydrogens is 278 g/mol. The van der Waals surface area contributed by atoms with Crippen molar-refractivity contribution in [2.45, 2.75) is 25.9 Å². The molecule has 1 aromatic heterocycles. The van der Waals surface area contributed by atoms with Crippen LogP contribution in [0.25, 0.3) is 0 Å². The Labute approximate surface area is 131 Å². The Balaban J connectivity index is 1.69. The van der Waals surface area contributed by atoms with Crippen LogP contribution in [-0.2, 0) is 6.54 Å². The smallest absolute Gasteiger partial charge is 0.160 e. The van der Waals surface area contributed by atoms with Crippen molar-refractivity contribution < 1.29 is 9.84 Å². The molecule has 1 fully saturated rings. The van der Waals surface area contributed by atoms with Crippen molar-refractivity contribution in [2.75, 3.05) is 20.2 Å². The molecule has 2 atom stereocenters. The number of rotatable bonds is 4. The monoisotopic (exact) mass is 301 g/mol. The maximum absolute atomic E-state index is 9.91. The Morgan fingerprint density at radius 3 is 2.95 bits per heavy atom. The van der Waals surface area contributed by atoms with Gasteiger partial charge in [0.15, 0.2) is 11.5 Å². The largest absolute Gasteiger partial charge is 0.504 e. The average Bonchev–Trinajstić information content (AvgIpc) is 3.03. The number of hydrogen-bond donors (Lipinski definition) is 1. The van der Waals surface area contributed by atoms with Crippen molar-refractivity contribution in [2.24, 2.45) is 5.92 Å². The molecule has 2 heterocycles. The Morgan fingerprint density at radius 2 is 2.27 bits per heavy atom. The average molecular weight is 301 g/mol. The fraction of sp³-hybridized carbons (Fsp3) is 0.471. The fourth-order valence-electron chi connectivity index (χ4n) is 3.20. The molecule has 1 aromatic carbocycles. The van der Waals surface area contributed by atoms with Gasteiger partial charge < -0.3 is 14.4 Å². The normalized spacial score (nSPS) is 22.6. The minimum absolute atomic E-state index is 0.205. The van der Waals surface area contributed by atoms with E-state index < -0.39 is 0 Å². The van der Waals surface area contributed by atoms with Crippen LogP contribution < -0.4 is 4.74 Å². The van der Waals surface area contributed by atoms with Crippen LogP contribution in [0.4, 0.5) is 0 Å². The molecule has 0 amide bonds. The zero-order valence-corrected chi connectivity index (χ0v) is 13.1. The number of aromatic nitrogens is 2. The van der Waals surface area contributed by atoms with Crippen LogP contribution in [0.15, 0.2) is 36.9 Å². The van der Waals surface area contributed by atoms with Gasteiger partial charge in [-0.15, -0.1) is 0 Å². The van der Waals surface area contributed by atoms with E-state index in [9.17, 15) is 5.11 Å². The predicted octanol–water partition coefficient (Wildman–Crippen LogP) is 2.68. The van der Waals surface area contributed by atoms with Crippen molar-refractivity contribution >= 4 is 0 Å². The lowest BCUT2D eigenvalue weighted by molar-refractivity contribution is 0.126. The Morgan fingerprint density at radius 1 is 1.41 bits per heavy atom. The number of methoxy groups -OCH3 is 1. The number of phenolic OH excluding ortho intramolecular Hbond substituents is 1. The van der Waals surface area contributed by atoms with Crippen molar-refractivity contribution in [3.8, 4) is 11.5 Å². The molecule has 0 spiro atoms. The van der Waals surface area contributed by atoms with Gasteiger partial charge >= 0.3 is 0 Å². The summed E-state index contributed by atoms with van der Waals surface area (Å²) in [5, 5.41) is 9.91. The maximum Gasteiger partial charge on any atom is 0.160 e. The molecule has 0 bridgehead atoms. The van der Waals surface area contributed by atoms with Gasteiger partial charge in [-0.1, -0.05) is 13.0 Å². The van der Waals surface area contributed by atoms with Gasteiger partial charge in [-0.3, -0.25) is 4.90 Å². The first-order valence-electron chi connectivity index (χ1n) is 7.73. The second kappa shape index (κ2) is 6.40. The van der Waals surface area contributed by atoms with Crippen LogP contribution in [-0.4, -0.2) is 39.8 Å². The number of imidazole rings is 1. The number of phenols is 1. The van der Waals surface area contributed by atoms with E-state index in [2.05, 4.69) is 21.4 Å². The van der Waals surface area contributed by atoms with E-state index in [1.165, 1.54) is 6.42 Å². The molecule has 5 heteroatoms. The second-order valence-electron chi connectivity index (χ2n) is 6.08. The van der Waals surface area contributed by atoms with Crippen LogP contribution in [0.2, 0.25) is 0 Å². The molecule has 22 heavy (non-hydrogen) atoms. The lowest BCUT2D eigenvalue weighted by Gasteiger charge is -2.37. The molecule has 0 unspecified atom stereocenters. The van der Waals surface area contributed by atoms with Gasteiger partial charge in [0.25, 0.3) is 0 Å². The molecule has 5 nitrogen and oxygen atoms in total. The van der Waals surface area contributed by atoms with Crippen LogP contribution in [0.5, 0.6) is 11.5 Å². The summed E-state index contributed by atoms with van der Waals surface area (Å²) in [6, 6.07) is 6.10. The first-order valence-corrected chi connectivity index (χ1v) is 7.73. The van der Waals surface area contributed by atoms with Crippen molar-refractivity contribution in [3.63, 3.8) is 0 Å². The van der Waals surface area contributed by atoms with Gasteiger partial charge in [-0.05, 0) is 36.6 Å². The van der Waals surface area contributed by atoms with Crippen molar-refractivity contribution in [1.29, 1.82) is 0 Å². The maximum atomic E-state index is 9.91. The molecule has 0 radical (unpaired) electrons. The highest BCUT2D eigenvalue weighted by atomic mass is 16.5. The third-order valence-electron chi connectivity index (χ3n) is 4.56. The Hall–Kier alpha value is -2.01. The van der Waals surface area contributed by atoms with E-state index in [0.29, 0.717) is 17.7 Å². The summed E-state index contributed by atoms with van der Waals surface area (Å²) in [5.41, 5.74) is 1.11.